The minimum Gasteiger partial charge on any atom is -0.466 e. The molecule has 1 fully saturated rings. The SMILES string of the molecule is CCOC(=O)[C@@H](C)[C@H]1CC(=O)N1. The Bertz CT molecular complexity index is 194. The molecule has 1 aliphatic heterocycles. The molecule has 12 heavy (non-hydrogen) atoms. The van der Waals surface area contributed by atoms with Crippen LogP contribution in [0, 0.1) is 5.92 Å². The zero-order chi connectivity index (χ0) is 9.14. The van der Waals surface area contributed by atoms with Crippen molar-refractivity contribution in [3.63, 3.8) is 0 Å². The van der Waals surface area contributed by atoms with E-state index in [4.69, 9.17) is 4.74 Å². The maximum Gasteiger partial charge on any atom is 0.310 e. The predicted octanol–water partition coefficient (Wildman–Crippen LogP) is 0.0741. The number of rotatable bonds is 3. The lowest BCUT2D eigenvalue weighted by Gasteiger charge is -2.30. The number of hydrogen-bond acceptors (Lipinski definition) is 3. The highest BCUT2D eigenvalue weighted by Gasteiger charge is 2.34. The zero-order valence-electron chi connectivity index (χ0n) is 7.29. The van der Waals surface area contributed by atoms with Crippen LogP contribution in [-0.2, 0) is 14.3 Å². The first-order valence-corrected chi connectivity index (χ1v) is 4.11. The van der Waals surface area contributed by atoms with Crippen molar-refractivity contribution in [1.82, 2.24) is 5.32 Å². The van der Waals surface area contributed by atoms with E-state index in [0.29, 0.717) is 13.0 Å². The smallest absolute Gasteiger partial charge is 0.310 e. The number of ether oxygens (including phenoxy) is 1. The second kappa shape index (κ2) is 3.56. The van der Waals surface area contributed by atoms with Crippen molar-refractivity contribution in [3.8, 4) is 0 Å². The molecule has 4 nitrogen and oxygen atoms in total. The predicted molar refractivity (Wildman–Crippen MR) is 42.3 cm³/mol. The molecule has 1 aliphatic rings. The van der Waals surface area contributed by atoms with Gasteiger partial charge in [0.25, 0.3) is 0 Å². The standard InChI is InChI=1S/C8H13NO3/c1-3-12-8(11)5(2)6-4-7(10)9-6/h5-6H,3-4H2,1-2H3,(H,9,10)/t5-,6+/m0/s1. The fourth-order valence-electron chi connectivity index (χ4n) is 1.13. The molecule has 1 saturated heterocycles. The van der Waals surface area contributed by atoms with E-state index < -0.39 is 0 Å². The van der Waals surface area contributed by atoms with Gasteiger partial charge in [0.2, 0.25) is 5.91 Å². The normalized spacial score (nSPS) is 23.8. The lowest BCUT2D eigenvalue weighted by Crippen LogP contribution is -2.54. The minimum absolute atomic E-state index is 0.0103. The third-order valence-corrected chi connectivity index (χ3v) is 2.01. The van der Waals surface area contributed by atoms with Crippen molar-refractivity contribution in [2.75, 3.05) is 6.61 Å². The summed E-state index contributed by atoms with van der Waals surface area (Å²) in [4.78, 5) is 21.6. The molecule has 4 heteroatoms. The molecule has 0 saturated carbocycles. The Hall–Kier alpha value is -1.06. The van der Waals surface area contributed by atoms with Gasteiger partial charge in [0.1, 0.15) is 0 Å². The summed E-state index contributed by atoms with van der Waals surface area (Å²) in [6, 6.07) is -0.0171. The van der Waals surface area contributed by atoms with Crippen molar-refractivity contribution in [2.24, 2.45) is 5.92 Å². The van der Waals surface area contributed by atoms with Gasteiger partial charge in [-0.3, -0.25) is 9.59 Å². The van der Waals surface area contributed by atoms with E-state index in [2.05, 4.69) is 5.32 Å². The maximum absolute atomic E-state index is 11.1. The number of carbonyl (C=O) groups excluding carboxylic acids is 2. The van der Waals surface area contributed by atoms with Gasteiger partial charge in [-0.15, -0.1) is 0 Å². The van der Waals surface area contributed by atoms with E-state index >= 15 is 0 Å². The third-order valence-electron chi connectivity index (χ3n) is 2.01. The Balaban J connectivity index is 2.32. The number of amides is 1. The molecule has 1 rings (SSSR count). The van der Waals surface area contributed by atoms with Crippen LogP contribution in [0.15, 0.2) is 0 Å². The zero-order valence-corrected chi connectivity index (χ0v) is 7.29. The molecule has 0 bridgehead atoms. The van der Waals surface area contributed by atoms with Gasteiger partial charge >= 0.3 is 5.97 Å². The molecule has 1 heterocycles. The van der Waals surface area contributed by atoms with Crippen LogP contribution in [0.5, 0.6) is 0 Å². The lowest BCUT2D eigenvalue weighted by molar-refractivity contribution is -0.150. The van der Waals surface area contributed by atoms with E-state index in [0.717, 1.165) is 0 Å². The van der Waals surface area contributed by atoms with Gasteiger partial charge in [-0.25, -0.2) is 0 Å². The number of β-lactam (4-membered cyclic amide) rings is 1. The van der Waals surface area contributed by atoms with Crippen molar-refractivity contribution in [3.05, 3.63) is 0 Å². The monoisotopic (exact) mass is 171 g/mol. The van der Waals surface area contributed by atoms with Crippen LogP contribution >= 0.6 is 0 Å². The molecule has 0 aliphatic carbocycles. The largest absolute Gasteiger partial charge is 0.466 e. The Morgan fingerprint density at radius 3 is 2.83 bits per heavy atom. The summed E-state index contributed by atoms with van der Waals surface area (Å²) in [5.74, 6) is -0.443. The molecule has 1 amide bonds. The lowest BCUT2D eigenvalue weighted by atomic mass is 9.93. The van der Waals surface area contributed by atoms with E-state index in [1.54, 1.807) is 13.8 Å². The summed E-state index contributed by atoms with van der Waals surface area (Å²) in [5, 5.41) is 2.64. The summed E-state index contributed by atoms with van der Waals surface area (Å²) < 4.78 is 4.81. The molecule has 0 spiro atoms. The van der Waals surface area contributed by atoms with Gasteiger partial charge in [-0.1, -0.05) is 0 Å². The van der Waals surface area contributed by atoms with Crippen LogP contribution in [0.4, 0.5) is 0 Å². The highest BCUT2D eigenvalue weighted by molar-refractivity contribution is 5.85. The summed E-state index contributed by atoms with van der Waals surface area (Å²) in [7, 11) is 0. The summed E-state index contributed by atoms with van der Waals surface area (Å²) >= 11 is 0. The average molecular weight is 171 g/mol. The summed E-state index contributed by atoms with van der Waals surface area (Å²) in [6.45, 7) is 3.93. The number of carbonyl (C=O) groups is 2. The van der Waals surface area contributed by atoms with E-state index in [-0.39, 0.29) is 23.8 Å². The molecule has 0 aromatic rings. The van der Waals surface area contributed by atoms with Gasteiger partial charge in [-0.05, 0) is 13.8 Å². The minimum atomic E-state index is -0.234. The Kier molecular flexibility index (Phi) is 2.68. The second-order valence-corrected chi connectivity index (χ2v) is 2.92. The van der Waals surface area contributed by atoms with E-state index in [1.165, 1.54) is 0 Å². The fraction of sp³-hybridized carbons (Fsp3) is 0.750. The summed E-state index contributed by atoms with van der Waals surface area (Å²) in [6.07, 6.45) is 0.444. The number of hydrogen-bond donors (Lipinski definition) is 1. The molecular weight excluding hydrogens is 158 g/mol. The molecule has 2 atom stereocenters. The van der Waals surface area contributed by atoms with Gasteiger partial charge in [-0.2, -0.15) is 0 Å². The molecule has 1 N–H and O–H groups in total. The third kappa shape index (κ3) is 1.75. The van der Waals surface area contributed by atoms with Crippen LogP contribution in [0.1, 0.15) is 20.3 Å². The summed E-state index contributed by atoms with van der Waals surface area (Å²) in [5.41, 5.74) is 0. The highest BCUT2D eigenvalue weighted by Crippen LogP contribution is 2.15. The van der Waals surface area contributed by atoms with Crippen molar-refractivity contribution in [2.45, 2.75) is 26.3 Å². The average Bonchev–Trinajstić information content (AvgIpc) is 1.98. The van der Waals surface area contributed by atoms with E-state index in [1.807, 2.05) is 0 Å². The first-order chi connectivity index (χ1) is 5.65. The van der Waals surface area contributed by atoms with Gasteiger partial charge in [0.15, 0.2) is 0 Å². The van der Waals surface area contributed by atoms with Crippen molar-refractivity contribution < 1.29 is 14.3 Å². The first kappa shape index (κ1) is 9.03. The second-order valence-electron chi connectivity index (χ2n) is 2.92. The van der Waals surface area contributed by atoms with Gasteiger partial charge < -0.3 is 10.1 Å². The van der Waals surface area contributed by atoms with Crippen LogP contribution in [0.3, 0.4) is 0 Å². The number of esters is 1. The Morgan fingerprint density at radius 1 is 1.83 bits per heavy atom. The van der Waals surface area contributed by atoms with Crippen LogP contribution in [0.25, 0.3) is 0 Å². The van der Waals surface area contributed by atoms with Gasteiger partial charge in [0, 0.05) is 6.42 Å². The first-order valence-electron chi connectivity index (χ1n) is 4.11. The molecule has 0 radical (unpaired) electrons. The maximum atomic E-state index is 11.1. The van der Waals surface area contributed by atoms with Gasteiger partial charge in [0.05, 0.1) is 18.6 Å². The molecule has 0 aromatic carbocycles. The van der Waals surface area contributed by atoms with Crippen molar-refractivity contribution >= 4 is 11.9 Å². The molecule has 68 valence electrons. The molecule has 0 unspecified atom stereocenters. The topological polar surface area (TPSA) is 55.4 Å². The van der Waals surface area contributed by atoms with Crippen LogP contribution in [0.2, 0.25) is 0 Å². The van der Waals surface area contributed by atoms with Crippen molar-refractivity contribution in [1.29, 1.82) is 0 Å². The molecular formula is C8H13NO3. The van der Waals surface area contributed by atoms with Crippen LogP contribution in [-0.4, -0.2) is 24.5 Å². The number of nitrogens with one attached hydrogen (secondary N) is 1. The fourth-order valence-corrected chi connectivity index (χ4v) is 1.13. The molecule has 0 aromatic heterocycles. The highest BCUT2D eigenvalue weighted by atomic mass is 16.5. The quantitative estimate of drug-likeness (QED) is 0.483. The Labute approximate surface area is 71.3 Å². The Morgan fingerprint density at radius 2 is 2.42 bits per heavy atom. The van der Waals surface area contributed by atoms with Crippen LogP contribution < -0.4 is 5.32 Å². The van der Waals surface area contributed by atoms with E-state index in [9.17, 15) is 9.59 Å².